The molecule has 0 fully saturated rings. The second-order valence-corrected chi connectivity index (χ2v) is 7.24. The minimum atomic E-state index is -3.78. The normalized spacial score (nSPS) is 11.0. The summed E-state index contributed by atoms with van der Waals surface area (Å²) in [6.45, 7) is 3.26. The van der Waals surface area contributed by atoms with Gasteiger partial charge in [-0.15, -0.1) is 5.92 Å². The van der Waals surface area contributed by atoms with Crippen LogP contribution in [0.3, 0.4) is 0 Å². The van der Waals surface area contributed by atoms with Crippen LogP contribution < -0.4 is 0 Å². The van der Waals surface area contributed by atoms with Crippen LogP contribution in [0.25, 0.3) is 0 Å². The lowest BCUT2D eigenvalue weighted by molar-refractivity contribution is 0.0970. The fraction of sp³-hybridized carbons (Fsp3) is 0.211. The van der Waals surface area contributed by atoms with Crippen LogP contribution in [0.2, 0.25) is 0 Å². The Kier molecular flexibility index (Phi) is 5.91. The zero-order valence-electron chi connectivity index (χ0n) is 13.7. The minimum Gasteiger partial charge on any atom is -0.293 e. The number of Topliss-reactive ketones (excluding diaryl/α,β-unsaturated/α-hetero) is 1. The van der Waals surface area contributed by atoms with Crippen LogP contribution in [-0.2, 0) is 10.0 Å². The van der Waals surface area contributed by atoms with E-state index in [1.807, 2.05) is 6.92 Å². The lowest BCUT2D eigenvalue weighted by Gasteiger charge is -2.19. The Hall–Kier alpha value is -2.42. The number of carbonyl (C=O) groups excluding carboxylic acids is 1. The molecular formula is C19H19NO3S. The molecule has 0 aliphatic heterocycles. The molecule has 2 aromatic carbocycles. The number of carbonyl (C=O) groups is 1. The first-order chi connectivity index (χ1) is 11.4. The van der Waals surface area contributed by atoms with Gasteiger partial charge in [-0.05, 0) is 26.0 Å². The van der Waals surface area contributed by atoms with Crippen molar-refractivity contribution in [3.8, 4) is 11.8 Å². The third-order valence-electron chi connectivity index (χ3n) is 3.51. The minimum absolute atomic E-state index is 0.0225. The number of rotatable bonds is 6. The van der Waals surface area contributed by atoms with Gasteiger partial charge in [0.25, 0.3) is 0 Å². The maximum absolute atomic E-state index is 12.8. The molecule has 0 radical (unpaired) electrons. The molecule has 0 spiro atoms. The first-order valence-electron chi connectivity index (χ1n) is 7.50. The van der Waals surface area contributed by atoms with Gasteiger partial charge in [-0.2, -0.15) is 4.31 Å². The lowest BCUT2D eigenvalue weighted by atomic mass is 10.1. The van der Waals surface area contributed by atoms with E-state index in [0.29, 0.717) is 5.56 Å². The van der Waals surface area contributed by atoms with E-state index in [1.54, 1.807) is 61.5 Å². The molecule has 2 rings (SSSR count). The fourth-order valence-electron chi connectivity index (χ4n) is 2.13. The number of aryl methyl sites for hydroxylation is 1. The monoisotopic (exact) mass is 341 g/mol. The van der Waals surface area contributed by atoms with Gasteiger partial charge in [-0.1, -0.05) is 53.9 Å². The Bertz CT molecular complexity index is 860. The summed E-state index contributed by atoms with van der Waals surface area (Å²) in [6, 6.07) is 15.2. The molecule has 0 N–H and O–H groups in total. The van der Waals surface area contributed by atoms with Gasteiger partial charge in [0.2, 0.25) is 10.0 Å². The Morgan fingerprint density at radius 1 is 1.04 bits per heavy atom. The highest BCUT2D eigenvalue weighted by molar-refractivity contribution is 7.89. The topological polar surface area (TPSA) is 54.5 Å². The maximum Gasteiger partial charge on any atom is 0.244 e. The van der Waals surface area contributed by atoms with Crippen LogP contribution in [0, 0.1) is 18.8 Å². The van der Waals surface area contributed by atoms with Crippen molar-refractivity contribution in [3.63, 3.8) is 0 Å². The molecule has 0 aromatic heterocycles. The predicted octanol–water partition coefficient (Wildman–Crippen LogP) is 2.89. The number of nitrogens with zero attached hydrogens (tertiary/aromatic N) is 1. The number of sulfonamides is 1. The SMILES string of the molecule is CC#CCN(CC(=O)c1ccccc1)S(=O)(=O)c1ccc(C)cc1. The summed E-state index contributed by atoms with van der Waals surface area (Å²) in [5.74, 6) is 5.15. The van der Waals surface area contributed by atoms with Crippen molar-refractivity contribution in [1.29, 1.82) is 0 Å². The summed E-state index contributed by atoms with van der Waals surface area (Å²) in [6.07, 6.45) is 0. The third-order valence-corrected chi connectivity index (χ3v) is 5.31. The number of hydrogen-bond donors (Lipinski definition) is 0. The average Bonchev–Trinajstić information content (AvgIpc) is 2.59. The van der Waals surface area contributed by atoms with Crippen molar-refractivity contribution >= 4 is 15.8 Å². The summed E-state index contributed by atoms with van der Waals surface area (Å²) in [5.41, 5.74) is 1.44. The van der Waals surface area contributed by atoms with Gasteiger partial charge in [0, 0.05) is 5.56 Å². The molecule has 5 heteroatoms. The average molecular weight is 341 g/mol. The molecule has 0 bridgehead atoms. The molecule has 0 heterocycles. The number of ketones is 1. The van der Waals surface area contributed by atoms with Crippen molar-refractivity contribution in [2.45, 2.75) is 18.7 Å². The molecule has 2 aromatic rings. The van der Waals surface area contributed by atoms with E-state index in [4.69, 9.17) is 0 Å². The van der Waals surface area contributed by atoms with Crippen molar-refractivity contribution in [3.05, 3.63) is 65.7 Å². The second-order valence-electron chi connectivity index (χ2n) is 5.30. The number of hydrogen-bond acceptors (Lipinski definition) is 3. The van der Waals surface area contributed by atoms with E-state index in [2.05, 4.69) is 11.8 Å². The third kappa shape index (κ3) is 4.31. The van der Waals surface area contributed by atoms with Gasteiger partial charge in [-0.3, -0.25) is 4.79 Å². The summed E-state index contributed by atoms with van der Waals surface area (Å²) >= 11 is 0. The zero-order chi connectivity index (χ0) is 17.6. The maximum atomic E-state index is 12.8. The molecule has 24 heavy (non-hydrogen) atoms. The van der Waals surface area contributed by atoms with Crippen molar-refractivity contribution in [2.75, 3.05) is 13.1 Å². The first-order valence-corrected chi connectivity index (χ1v) is 8.94. The summed E-state index contributed by atoms with van der Waals surface area (Å²) in [7, 11) is -3.78. The molecule has 0 unspecified atom stereocenters. The molecule has 124 valence electrons. The lowest BCUT2D eigenvalue weighted by Crippen LogP contribution is -2.36. The first kappa shape index (κ1) is 17.9. The van der Waals surface area contributed by atoms with E-state index >= 15 is 0 Å². The highest BCUT2D eigenvalue weighted by Crippen LogP contribution is 2.17. The van der Waals surface area contributed by atoms with Crippen LogP contribution in [0.15, 0.2) is 59.5 Å². The van der Waals surface area contributed by atoms with E-state index in [0.717, 1.165) is 9.87 Å². The van der Waals surface area contributed by atoms with Gasteiger partial charge in [-0.25, -0.2) is 8.42 Å². The molecule has 0 atom stereocenters. The van der Waals surface area contributed by atoms with Crippen molar-refractivity contribution in [1.82, 2.24) is 4.31 Å². The quantitative estimate of drug-likeness (QED) is 0.600. The summed E-state index contributed by atoms with van der Waals surface area (Å²) in [5, 5.41) is 0. The molecule has 0 saturated heterocycles. The molecule has 0 aliphatic rings. The smallest absolute Gasteiger partial charge is 0.244 e. The van der Waals surface area contributed by atoms with E-state index in [9.17, 15) is 13.2 Å². The Balaban J connectivity index is 2.31. The van der Waals surface area contributed by atoms with Crippen LogP contribution in [-0.4, -0.2) is 31.6 Å². The molecule has 0 aliphatic carbocycles. The van der Waals surface area contributed by atoms with Gasteiger partial charge in [0.15, 0.2) is 5.78 Å². The van der Waals surface area contributed by atoms with Crippen molar-refractivity contribution < 1.29 is 13.2 Å². The molecular weight excluding hydrogens is 322 g/mol. The van der Waals surface area contributed by atoms with Gasteiger partial charge in [0.05, 0.1) is 18.0 Å². The molecule has 4 nitrogen and oxygen atoms in total. The van der Waals surface area contributed by atoms with Crippen molar-refractivity contribution in [2.24, 2.45) is 0 Å². The molecule has 0 saturated carbocycles. The Labute approximate surface area is 143 Å². The van der Waals surface area contributed by atoms with Crippen LogP contribution >= 0.6 is 0 Å². The predicted molar refractivity (Wildman–Crippen MR) is 94.2 cm³/mol. The summed E-state index contributed by atoms with van der Waals surface area (Å²) in [4.78, 5) is 12.6. The summed E-state index contributed by atoms with van der Waals surface area (Å²) < 4.78 is 26.8. The van der Waals surface area contributed by atoms with Crippen LogP contribution in [0.1, 0.15) is 22.8 Å². The van der Waals surface area contributed by atoms with Gasteiger partial charge >= 0.3 is 0 Å². The Morgan fingerprint density at radius 2 is 1.67 bits per heavy atom. The Morgan fingerprint density at radius 3 is 2.25 bits per heavy atom. The largest absolute Gasteiger partial charge is 0.293 e. The second kappa shape index (κ2) is 7.91. The van der Waals surface area contributed by atoms with E-state index in [-0.39, 0.29) is 23.8 Å². The van der Waals surface area contributed by atoms with Crippen LogP contribution in [0.4, 0.5) is 0 Å². The highest BCUT2D eigenvalue weighted by Gasteiger charge is 2.26. The van der Waals surface area contributed by atoms with Crippen LogP contribution in [0.5, 0.6) is 0 Å². The fourth-order valence-corrected chi connectivity index (χ4v) is 3.43. The molecule has 0 amide bonds. The van der Waals surface area contributed by atoms with Gasteiger partial charge in [0.1, 0.15) is 0 Å². The zero-order valence-corrected chi connectivity index (χ0v) is 14.5. The van der Waals surface area contributed by atoms with E-state index in [1.165, 1.54) is 0 Å². The van der Waals surface area contributed by atoms with Gasteiger partial charge < -0.3 is 0 Å². The highest BCUT2D eigenvalue weighted by atomic mass is 32.2. The van der Waals surface area contributed by atoms with E-state index < -0.39 is 10.0 Å². The standard InChI is InChI=1S/C19H19NO3S/c1-3-4-14-20(15-19(21)17-8-6-5-7-9-17)24(22,23)18-12-10-16(2)11-13-18/h5-13H,14-15H2,1-2H3. The number of benzene rings is 2.